The molecule has 0 saturated carbocycles. The molecule has 90 valence electrons. The number of nitrogens with zero attached hydrogens (tertiary/aromatic N) is 2. The molecule has 0 radical (unpaired) electrons. The van der Waals surface area contributed by atoms with Gasteiger partial charge in [-0.05, 0) is 30.7 Å². The highest BCUT2D eigenvalue weighted by Crippen LogP contribution is 2.28. The molecule has 0 bridgehead atoms. The summed E-state index contributed by atoms with van der Waals surface area (Å²) in [5.74, 6) is 0. The fourth-order valence-corrected chi connectivity index (χ4v) is 1.97. The van der Waals surface area contributed by atoms with E-state index in [1.54, 1.807) is 6.20 Å². The van der Waals surface area contributed by atoms with E-state index in [0.29, 0.717) is 5.02 Å². The summed E-state index contributed by atoms with van der Waals surface area (Å²) in [5.41, 5.74) is 1.84. The van der Waals surface area contributed by atoms with Gasteiger partial charge in [-0.2, -0.15) is 5.10 Å². The molecule has 5 heteroatoms. The molecular formula is C12H13Cl2N3. The molecule has 0 aliphatic heterocycles. The maximum Gasteiger partial charge on any atom is 0.0641 e. The van der Waals surface area contributed by atoms with Gasteiger partial charge in [0.2, 0.25) is 0 Å². The number of benzene rings is 1. The molecule has 3 nitrogen and oxygen atoms in total. The van der Waals surface area contributed by atoms with E-state index in [4.69, 9.17) is 23.2 Å². The van der Waals surface area contributed by atoms with E-state index in [0.717, 1.165) is 29.4 Å². The first-order valence-corrected chi connectivity index (χ1v) is 6.09. The first-order chi connectivity index (χ1) is 8.16. The molecule has 0 fully saturated rings. The van der Waals surface area contributed by atoms with E-state index in [2.05, 4.69) is 10.4 Å². The third-order valence-corrected chi connectivity index (χ3v) is 3.18. The minimum Gasteiger partial charge on any atom is -0.382 e. The number of hydrogen-bond donors (Lipinski definition) is 1. The van der Waals surface area contributed by atoms with Gasteiger partial charge in [0, 0.05) is 24.0 Å². The van der Waals surface area contributed by atoms with Crippen molar-refractivity contribution in [2.24, 2.45) is 0 Å². The summed E-state index contributed by atoms with van der Waals surface area (Å²) in [4.78, 5) is 0. The SMILES string of the molecule is Cc1cc(Cl)c(NCCn2cccn2)cc1Cl. The maximum absolute atomic E-state index is 6.12. The number of anilines is 1. The molecule has 17 heavy (non-hydrogen) atoms. The van der Waals surface area contributed by atoms with Gasteiger partial charge in [-0.3, -0.25) is 4.68 Å². The summed E-state index contributed by atoms with van der Waals surface area (Å²) < 4.78 is 1.86. The standard InChI is InChI=1S/C12H13Cl2N3/c1-9-7-11(14)12(8-10(9)13)15-4-6-17-5-2-3-16-17/h2-3,5,7-8,15H,4,6H2,1H3. The number of rotatable bonds is 4. The normalized spacial score (nSPS) is 10.5. The largest absolute Gasteiger partial charge is 0.382 e. The molecule has 1 N–H and O–H groups in total. The van der Waals surface area contributed by atoms with Crippen LogP contribution >= 0.6 is 23.2 Å². The minimum atomic E-state index is 0.687. The fourth-order valence-electron chi connectivity index (χ4n) is 1.52. The zero-order valence-electron chi connectivity index (χ0n) is 9.45. The van der Waals surface area contributed by atoms with Crippen LogP contribution in [0, 0.1) is 6.92 Å². The molecule has 1 aromatic heterocycles. The number of aromatic nitrogens is 2. The smallest absolute Gasteiger partial charge is 0.0641 e. The molecule has 0 aliphatic rings. The minimum absolute atomic E-state index is 0.687. The van der Waals surface area contributed by atoms with Gasteiger partial charge >= 0.3 is 0 Å². The van der Waals surface area contributed by atoms with Crippen LogP contribution < -0.4 is 5.32 Å². The van der Waals surface area contributed by atoms with Crippen molar-refractivity contribution >= 4 is 28.9 Å². The highest BCUT2D eigenvalue weighted by atomic mass is 35.5. The van der Waals surface area contributed by atoms with Crippen molar-refractivity contribution in [1.29, 1.82) is 0 Å². The molecule has 2 rings (SSSR count). The molecule has 0 atom stereocenters. The number of nitrogens with one attached hydrogen (secondary N) is 1. The Balaban J connectivity index is 1.97. The van der Waals surface area contributed by atoms with Gasteiger partial charge in [0.05, 0.1) is 17.3 Å². The van der Waals surface area contributed by atoms with E-state index < -0.39 is 0 Å². The van der Waals surface area contributed by atoms with Crippen molar-refractivity contribution in [3.05, 3.63) is 46.2 Å². The summed E-state index contributed by atoms with van der Waals surface area (Å²) in [7, 11) is 0. The van der Waals surface area contributed by atoms with E-state index in [9.17, 15) is 0 Å². The van der Waals surface area contributed by atoms with Crippen LogP contribution in [0.15, 0.2) is 30.6 Å². The lowest BCUT2D eigenvalue weighted by molar-refractivity contribution is 0.638. The van der Waals surface area contributed by atoms with E-state index in [1.165, 1.54) is 0 Å². The quantitative estimate of drug-likeness (QED) is 0.919. The van der Waals surface area contributed by atoms with Gasteiger partial charge < -0.3 is 5.32 Å². The van der Waals surface area contributed by atoms with E-state index in [-0.39, 0.29) is 0 Å². The second-order valence-corrected chi connectivity index (χ2v) is 4.59. The van der Waals surface area contributed by atoms with Crippen LogP contribution in [-0.4, -0.2) is 16.3 Å². The Labute approximate surface area is 110 Å². The van der Waals surface area contributed by atoms with Crippen LogP contribution in [0.1, 0.15) is 5.56 Å². The van der Waals surface area contributed by atoms with Gasteiger partial charge in [-0.25, -0.2) is 0 Å². The predicted molar refractivity (Wildman–Crippen MR) is 71.9 cm³/mol. The molecule has 0 aliphatic carbocycles. The summed E-state index contributed by atoms with van der Waals surface area (Å²) >= 11 is 12.2. The molecule has 2 aromatic rings. The first kappa shape index (κ1) is 12.3. The zero-order valence-corrected chi connectivity index (χ0v) is 11.0. The summed E-state index contributed by atoms with van der Waals surface area (Å²) in [5, 5.41) is 8.77. The van der Waals surface area contributed by atoms with Gasteiger partial charge in [-0.1, -0.05) is 23.2 Å². The second kappa shape index (κ2) is 5.43. The van der Waals surface area contributed by atoms with Crippen LogP contribution in [0.4, 0.5) is 5.69 Å². The molecular weight excluding hydrogens is 257 g/mol. The Morgan fingerprint density at radius 2 is 2.12 bits per heavy atom. The molecule has 0 amide bonds. The van der Waals surface area contributed by atoms with Crippen molar-refractivity contribution in [1.82, 2.24) is 9.78 Å². The average molecular weight is 270 g/mol. The van der Waals surface area contributed by atoms with Crippen LogP contribution in [-0.2, 0) is 6.54 Å². The third-order valence-electron chi connectivity index (χ3n) is 2.46. The predicted octanol–water partition coefficient (Wildman–Crippen LogP) is 3.61. The van der Waals surface area contributed by atoms with Gasteiger partial charge in [0.15, 0.2) is 0 Å². The number of hydrogen-bond acceptors (Lipinski definition) is 2. The highest BCUT2D eigenvalue weighted by Gasteiger charge is 2.03. The van der Waals surface area contributed by atoms with E-state index in [1.807, 2.05) is 36.0 Å². The lowest BCUT2D eigenvalue weighted by atomic mass is 10.2. The van der Waals surface area contributed by atoms with Gasteiger partial charge in [-0.15, -0.1) is 0 Å². The molecule has 1 aromatic carbocycles. The van der Waals surface area contributed by atoms with Crippen LogP contribution in [0.5, 0.6) is 0 Å². The fraction of sp³-hybridized carbons (Fsp3) is 0.250. The third kappa shape index (κ3) is 3.14. The van der Waals surface area contributed by atoms with Gasteiger partial charge in [0.25, 0.3) is 0 Å². The zero-order chi connectivity index (χ0) is 12.3. The Morgan fingerprint density at radius 1 is 1.29 bits per heavy atom. The van der Waals surface area contributed by atoms with Gasteiger partial charge in [0.1, 0.15) is 0 Å². The topological polar surface area (TPSA) is 29.9 Å². The highest BCUT2D eigenvalue weighted by molar-refractivity contribution is 6.35. The Morgan fingerprint density at radius 3 is 2.82 bits per heavy atom. The Kier molecular flexibility index (Phi) is 3.92. The van der Waals surface area contributed by atoms with Crippen molar-refractivity contribution in [3.63, 3.8) is 0 Å². The molecule has 0 spiro atoms. The monoisotopic (exact) mass is 269 g/mol. The summed E-state index contributed by atoms with van der Waals surface area (Å²) in [6.45, 7) is 3.47. The molecule has 0 unspecified atom stereocenters. The van der Waals surface area contributed by atoms with Crippen LogP contribution in [0.25, 0.3) is 0 Å². The first-order valence-electron chi connectivity index (χ1n) is 5.34. The molecule has 1 heterocycles. The number of halogens is 2. The molecule has 0 saturated heterocycles. The maximum atomic E-state index is 6.12. The summed E-state index contributed by atoms with van der Waals surface area (Å²) in [6.07, 6.45) is 3.68. The lowest BCUT2D eigenvalue weighted by Gasteiger charge is -2.10. The van der Waals surface area contributed by atoms with Crippen LogP contribution in [0.2, 0.25) is 10.0 Å². The Bertz CT molecular complexity index is 495. The van der Waals surface area contributed by atoms with Crippen molar-refractivity contribution in [2.75, 3.05) is 11.9 Å². The number of aryl methyl sites for hydroxylation is 1. The average Bonchev–Trinajstić information content (AvgIpc) is 2.78. The summed E-state index contributed by atoms with van der Waals surface area (Å²) in [6, 6.07) is 5.61. The van der Waals surface area contributed by atoms with Crippen molar-refractivity contribution in [2.45, 2.75) is 13.5 Å². The van der Waals surface area contributed by atoms with Crippen molar-refractivity contribution < 1.29 is 0 Å². The van der Waals surface area contributed by atoms with Crippen molar-refractivity contribution in [3.8, 4) is 0 Å². The lowest BCUT2D eigenvalue weighted by Crippen LogP contribution is -2.11. The second-order valence-electron chi connectivity index (χ2n) is 3.78. The van der Waals surface area contributed by atoms with Crippen LogP contribution in [0.3, 0.4) is 0 Å². The van der Waals surface area contributed by atoms with E-state index >= 15 is 0 Å². The Hall–Kier alpha value is -1.19.